The molecule has 2 atom stereocenters. The SMILES string of the molecule is CC(=O)SC1COC(CO)C1. The van der Waals surface area contributed by atoms with Crippen LogP contribution in [0.5, 0.6) is 0 Å². The van der Waals surface area contributed by atoms with E-state index < -0.39 is 0 Å². The first-order chi connectivity index (χ1) is 5.22. The Morgan fingerprint density at radius 1 is 1.82 bits per heavy atom. The first-order valence-corrected chi connectivity index (χ1v) is 4.50. The molecule has 1 saturated heterocycles. The van der Waals surface area contributed by atoms with Gasteiger partial charge in [0.25, 0.3) is 0 Å². The zero-order chi connectivity index (χ0) is 8.27. The number of hydrogen-bond acceptors (Lipinski definition) is 4. The number of hydrogen-bond donors (Lipinski definition) is 1. The number of ether oxygens (including phenoxy) is 1. The molecule has 0 aromatic rings. The van der Waals surface area contributed by atoms with Gasteiger partial charge in [0.15, 0.2) is 5.12 Å². The van der Waals surface area contributed by atoms with Crippen LogP contribution in [0.25, 0.3) is 0 Å². The molecule has 0 radical (unpaired) electrons. The Hall–Kier alpha value is -0.0600. The Morgan fingerprint density at radius 2 is 2.55 bits per heavy atom. The summed E-state index contributed by atoms with van der Waals surface area (Å²) in [5, 5.41) is 9.08. The van der Waals surface area contributed by atoms with Crippen molar-refractivity contribution in [2.24, 2.45) is 0 Å². The minimum atomic E-state index is -0.0492. The molecule has 4 heteroatoms. The molecule has 1 fully saturated rings. The fourth-order valence-electron chi connectivity index (χ4n) is 1.12. The lowest BCUT2D eigenvalue weighted by Crippen LogP contribution is -2.10. The van der Waals surface area contributed by atoms with Crippen LogP contribution in [0.1, 0.15) is 13.3 Å². The molecular formula is C7H12O3S. The molecular weight excluding hydrogens is 164 g/mol. The maximum absolute atomic E-state index is 10.6. The van der Waals surface area contributed by atoms with Crippen molar-refractivity contribution < 1.29 is 14.6 Å². The van der Waals surface area contributed by atoms with Crippen molar-refractivity contribution in [3.8, 4) is 0 Å². The van der Waals surface area contributed by atoms with Crippen LogP contribution in [0.3, 0.4) is 0 Å². The fraction of sp³-hybridized carbons (Fsp3) is 0.857. The largest absolute Gasteiger partial charge is 0.394 e. The summed E-state index contributed by atoms with van der Waals surface area (Å²) in [7, 11) is 0. The summed E-state index contributed by atoms with van der Waals surface area (Å²) in [6, 6.07) is 0. The summed E-state index contributed by atoms with van der Waals surface area (Å²) in [6.07, 6.45) is 0.743. The van der Waals surface area contributed by atoms with Gasteiger partial charge in [0.2, 0.25) is 0 Å². The van der Waals surface area contributed by atoms with Gasteiger partial charge in [-0.25, -0.2) is 0 Å². The van der Waals surface area contributed by atoms with E-state index in [1.54, 1.807) is 6.92 Å². The molecule has 0 aromatic carbocycles. The molecule has 0 aliphatic carbocycles. The predicted molar refractivity (Wildman–Crippen MR) is 43.5 cm³/mol. The Kier molecular flexibility index (Phi) is 3.36. The van der Waals surface area contributed by atoms with Crippen molar-refractivity contribution in [3.05, 3.63) is 0 Å². The van der Waals surface area contributed by atoms with Gasteiger partial charge in [-0.2, -0.15) is 0 Å². The summed E-state index contributed by atoms with van der Waals surface area (Å²) in [5.41, 5.74) is 0. The van der Waals surface area contributed by atoms with Gasteiger partial charge in [0, 0.05) is 12.2 Å². The van der Waals surface area contributed by atoms with Crippen LogP contribution in [0.15, 0.2) is 0 Å². The third kappa shape index (κ3) is 2.81. The van der Waals surface area contributed by atoms with E-state index in [0.717, 1.165) is 6.42 Å². The van der Waals surface area contributed by atoms with Gasteiger partial charge in [0.05, 0.1) is 19.3 Å². The van der Waals surface area contributed by atoms with E-state index in [9.17, 15) is 4.79 Å². The minimum Gasteiger partial charge on any atom is -0.394 e. The average molecular weight is 176 g/mol. The van der Waals surface area contributed by atoms with E-state index in [4.69, 9.17) is 9.84 Å². The van der Waals surface area contributed by atoms with Crippen molar-refractivity contribution >= 4 is 16.9 Å². The van der Waals surface area contributed by atoms with Crippen LogP contribution in [0, 0.1) is 0 Å². The number of carbonyl (C=O) groups is 1. The number of aliphatic hydroxyl groups is 1. The minimum absolute atomic E-state index is 0.0492. The summed E-state index contributed by atoms with van der Waals surface area (Å²) in [5.74, 6) is 0. The smallest absolute Gasteiger partial charge is 0.186 e. The number of thioether (sulfide) groups is 1. The summed E-state index contributed by atoms with van der Waals surface area (Å²) < 4.78 is 5.19. The van der Waals surface area contributed by atoms with Crippen LogP contribution >= 0.6 is 11.8 Å². The van der Waals surface area contributed by atoms with Crippen molar-refractivity contribution in [2.45, 2.75) is 24.7 Å². The monoisotopic (exact) mass is 176 g/mol. The fourth-order valence-corrected chi connectivity index (χ4v) is 2.04. The van der Waals surface area contributed by atoms with Crippen molar-refractivity contribution in [3.63, 3.8) is 0 Å². The summed E-state index contributed by atoms with van der Waals surface area (Å²) in [4.78, 5) is 10.6. The first-order valence-electron chi connectivity index (χ1n) is 3.62. The van der Waals surface area contributed by atoms with E-state index in [-0.39, 0.29) is 23.1 Å². The molecule has 0 saturated carbocycles. The van der Waals surface area contributed by atoms with Gasteiger partial charge in [0.1, 0.15) is 0 Å². The zero-order valence-electron chi connectivity index (χ0n) is 6.45. The van der Waals surface area contributed by atoms with Crippen LogP contribution in [-0.2, 0) is 9.53 Å². The van der Waals surface area contributed by atoms with Gasteiger partial charge in [-0.05, 0) is 6.42 Å². The molecule has 0 amide bonds. The Morgan fingerprint density at radius 3 is 3.00 bits per heavy atom. The molecule has 3 nitrogen and oxygen atoms in total. The van der Waals surface area contributed by atoms with Crippen LogP contribution in [0.4, 0.5) is 0 Å². The molecule has 2 unspecified atom stereocenters. The molecule has 0 bridgehead atoms. The Balaban J connectivity index is 2.24. The molecule has 0 spiro atoms. The van der Waals surface area contributed by atoms with Crippen LogP contribution in [-0.4, -0.2) is 34.8 Å². The standard InChI is InChI=1S/C7H12O3S/c1-5(9)11-7-2-6(3-8)10-4-7/h6-8H,2-4H2,1H3. The van der Waals surface area contributed by atoms with Crippen molar-refractivity contribution in [1.29, 1.82) is 0 Å². The Labute approximate surface area is 70.1 Å². The molecule has 64 valence electrons. The first kappa shape index (κ1) is 9.03. The lowest BCUT2D eigenvalue weighted by Gasteiger charge is -2.02. The molecule has 1 aliphatic rings. The Bertz CT molecular complexity index is 149. The van der Waals surface area contributed by atoms with Gasteiger partial charge in [-0.15, -0.1) is 0 Å². The molecule has 1 N–H and O–H groups in total. The maximum atomic E-state index is 10.6. The highest BCUT2D eigenvalue weighted by Crippen LogP contribution is 2.24. The van der Waals surface area contributed by atoms with E-state index in [0.29, 0.717) is 6.61 Å². The molecule has 1 heterocycles. The normalized spacial score (nSPS) is 30.7. The van der Waals surface area contributed by atoms with Crippen LogP contribution in [0.2, 0.25) is 0 Å². The highest BCUT2D eigenvalue weighted by Gasteiger charge is 2.26. The van der Waals surface area contributed by atoms with Gasteiger partial charge >= 0.3 is 0 Å². The molecule has 11 heavy (non-hydrogen) atoms. The number of aliphatic hydroxyl groups excluding tert-OH is 1. The highest BCUT2D eigenvalue weighted by atomic mass is 32.2. The van der Waals surface area contributed by atoms with Crippen molar-refractivity contribution in [2.75, 3.05) is 13.2 Å². The average Bonchev–Trinajstić information content (AvgIpc) is 2.34. The predicted octanol–water partition coefficient (Wildman–Crippen LogP) is 0.416. The van der Waals surface area contributed by atoms with E-state index in [1.807, 2.05) is 0 Å². The summed E-state index contributed by atoms with van der Waals surface area (Å²) >= 11 is 1.31. The summed E-state index contributed by atoms with van der Waals surface area (Å²) in [6.45, 7) is 2.21. The topological polar surface area (TPSA) is 46.5 Å². The zero-order valence-corrected chi connectivity index (χ0v) is 7.26. The molecule has 1 rings (SSSR count). The van der Waals surface area contributed by atoms with Gasteiger partial charge in [-0.1, -0.05) is 11.8 Å². The molecule has 0 aromatic heterocycles. The van der Waals surface area contributed by atoms with Gasteiger partial charge in [-0.3, -0.25) is 4.79 Å². The van der Waals surface area contributed by atoms with E-state index >= 15 is 0 Å². The maximum Gasteiger partial charge on any atom is 0.186 e. The second kappa shape index (κ2) is 4.09. The second-order valence-electron chi connectivity index (χ2n) is 2.61. The quantitative estimate of drug-likeness (QED) is 0.662. The van der Waals surface area contributed by atoms with Crippen LogP contribution < -0.4 is 0 Å². The number of carbonyl (C=O) groups excluding carboxylic acids is 1. The molecule has 1 aliphatic heterocycles. The lowest BCUT2D eigenvalue weighted by molar-refractivity contribution is -0.109. The number of rotatable bonds is 2. The third-order valence-electron chi connectivity index (χ3n) is 1.58. The van der Waals surface area contributed by atoms with E-state index in [1.165, 1.54) is 11.8 Å². The van der Waals surface area contributed by atoms with Gasteiger partial charge < -0.3 is 9.84 Å². The lowest BCUT2D eigenvalue weighted by atomic mass is 10.2. The van der Waals surface area contributed by atoms with E-state index in [2.05, 4.69) is 0 Å². The highest BCUT2D eigenvalue weighted by molar-refractivity contribution is 8.14. The third-order valence-corrected chi connectivity index (χ3v) is 2.57. The van der Waals surface area contributed by atoms with Crippen molar-refractivity contribution in [1.82, 2.24) is 0 Å². The second-order valence-corrected chi connectivity index (χ2v) is 4.08.